The van der Waals surface area contributed by atoms with Gasteiger partial charge in [0.1, 0.15) is 5.75 Å². The predicted molar refractivity (Wildman–Crippen MR) is 59.9 cm³/mol. The highest BCUT2D eigenvalue weighted by Crippen LogP contribution is 2.30. The van der Waals surface area contributed by atoms with Crippen molar-refractivity contribution in [3.05, 3.63) is 36.4 Å². The summed E-state index contributed by atoms with van der Waals surface area (Å²) in [5, 5.41) is 11.6. The van der Waals surface area contributed by atoms with Crippen molar-refractivity contribution in [3.8, 4) is 5.75 Å². The molecule has 0 amide bonds. The van der Waals surface area contributed by atoms with Gasteiger partial charge < -0.3 is 10.0 Å². The summed E-state index contributed by atoms with van der Waals surface area (Å²) in [5.74, 6) is 0.339. The van der Waals surface area contributed by atoms with Crippen molar-refractivity contribution < 1.29 is 5.11 Å². The van der Waals surface area contributed by atoms with E-state index in [1.54, 1.807) is 6.07 Å². The van der Waals surface area contributed by atoms with Gasteiger partial charge in [-0.1, -0.05) is 24.3 Å². The van der Waals surface area contributed by atoms with Crippen molar-refractivity contribution in [2.24, 2.45) is 0 Å². The smallest absolute Gasteiger partial charge is 0.123 e. The molecule has 0 aliphatic heterocycles. The Morgan fingerprint density at radius 2 is 1.57 bits per heavy atom. The highest BCUT2D eigenvalue weighted by Gasteiger charge is 2.04. The van der Waals surface area contributed by atoms with Gasteiger partial charge in [0.05, 0.1) is 0 Å². The summed E-state index contributed by atoms with van der Waals surface area (Å²) in [6.07, 6.45) is 0. The third kappa shape index (κ3) is 1.29. The summed E-state index contributed by atoms with van der Waals surface area (Å²) >= 11 is 0. The summed E-state index contributed by atoms with van der Waals surface area (Å²) in [6.45, 7) is 0. The first-order chi connectivity index (χ1) is 6.70. The molecule has 1 N–H and O–H groups in total. The molecule has 14 heavy (non-hydrogen) atoms. The monoisotopic (exact) mass is 187 g/mol. The molecule has 2 nitrogen and oxygen atoms in total. The molecule has 0 radical (unpaired) electrons. The summed E-state index contributed by atoms with van der Waals surface area (Å²) in [7, 11) is 4.00. The second kappa shape index (κ2) is 3.22. The first-order valence-electron chi connectivity index (χ1n) is 4.58. The zero-order valence-corrected chi connectivity index (χ0v) is 8.36. The van der Waals surface area contributed by atoms with Crippen LogP contribution in [0.4, 0.5) is 5.69 Å². The van der Waals surface area contributed by atoms with Gasteiger partial charge in [-0.15, -0.1) is 0 Å². The van der Waals surface area contributed by atoms with Gasteiger partial charge in [-0.05, 0) is 12.1 Å². The van der Waals surface area contributed by atoms with Gasteiger partial charge in [-0.25, -0.2) is 0 Å². The lowest BCUT2D eigenvalue weighted by Crippen LogP contribution is -2.08. The number of nitrogens with zero attached hydrogens (tertiary/aromatic N) is 1. The van der Waals surface area contributed by atoms with Crippen LogP contribution in [0.15, 0.2) is 36.4 Å². The van der Waals surface area contributed by atoms with Crippen molar-refractivity contribution in [2.45, 2.75) is 0 Å². The fraction of sp³-hybridized carbons (Fsp3) is 0.167. The van der Waals surface area contributed by atoms with Crippen molar-refractivity contribution in [1.82, 2.24) is 0 Å². The first kappa shape index (κ1) is 8.88. The predicted octanol–water partition coefficient (Wildman–Crippen LogP) is 2.61. The maximum Gasteiger partial charge on any atom is 0.123 e. The van der Waals surface area contributed by atoms with Crippen LogP contribution < -0.4 is 4.90 Å². The number of aromatic hydroxyl groups is 1. The number of phenols is 1. The Morgan fingerprint density at radius 3 is 2.29 bits per heavy atom. The molecule has 2 heteroatoms. The van der Waals surface area contributed by atoms with E-state index in [1.807, 2.05) is 49.3 Å². The number of hydrogen-bond donors (Lipinski definition) is 1. The normalized spacial score (nSPS) is 10.4. The molecule has 2 rings (SSSR count). The number of anilines is 1. The second-order valence-corrected chi connectivity index (χ2v) is 3.54. The molecular formula is C12H13NO. The second-order valence-electron chi connectivity index (χ2n) is 3.54. The minimum atomic E-state index is 0.339. The summed E-state index contributed by atoms with van der Waals surface area (Å²) in [4.78, 5) is 2.04. The Morgan fingerprint density at radius 1 is 0.929 bits per heavy atom. The molecule has 0 saturated heterocycles. The Hall–Kier alpha value is -1.70. The van der Waals surface area contributed by atoms with Crippen LogP contribution in [0.25, 0.3) is 10.8 Å². The highest BCUT2D eigenvalue weighted by molar-refractivity contribution is 5.97. The van der Waals surface area contributed by atoms with Gasteiger partial charge in [0.15, 0.2) is 0 Å². The van der Waals surface area contributed by atoms with Crippen LogP contribution in [-0.4, -0.2) is 19.2 Å². The van der Waals surface area contributed by atoms with Gasteiger partial charge >= 0.3 is 0 Å². The Kier molecular flexibility index (Phi) is 2.04. The maximum absolute atomic E-state index is 9.66. The van der Waals surface area contributed by atoms with E-state index in [0.29, 0.717) is 5.75 Å². The van der Waals surface area contributed by atoms with Crippen molar-refractivity contribution in [2.75, 3.05) is 19.0 Å². The number of fused-ring (bicyclic) bond motifs is 1. The minimum absolute atomic E-state index is 0.339. The molecule has 0 fully saturated rings. The van der Waals surface area contributed by atoms with Crippen LogP contribution in [0.5, 0.6) is 5.75 Å². The summed E-state index contributed by atoms with van der Waals surface area (Å²) in [6, 6.07) is 11.5. The van der Waals surface area contributed by atoms with E-state index in [0.717, 1.165) is 16.5 Å². The van der Waals surface area contributed by atoms with E-state index >= 15 is 0 Å². The zero-order valence-electron chi connectivity index (χ0n) is 8.36. The highest BCUT2D eigenvalue weighted by atomic mass is 16.3. The molecule has 0 aromatic heterocycles. The molecule has 0 aliphatic rings. The van der Waals surface area contributed by atoms with Crippen molar-refractivity contribution in [3.63, 3.8) is 0 Å². The molecule has 0 heterocycles. The van der Waals surface area contributed by atoms with Gasteiger partial charge in [-0.3, -0.25) is 0 Å². The summed E-state index contributed by atoms with van der Waals surface area (Å²) in [5.41, 5.74) is 1.12. The SMILES string of the molecule is CN(C)c1cccc2c(O)cccc12. The average Bonchev–Trinajstić information content (AvgIpc) is 2.17. The average molecular weight is 187 g/mol. The van der Waals surface area contributed by atoms with Crippen LogP contribution >= 0.6 is 0 Å². The van der Waals surface area contributed by atoms with Crippen LogP contribution in [0.3, 0.4) is 0 Å². The largest absolute Gasteiger partial charge is 0.507 e. The molecule has 0 spiro atoms. The Labute approximate surface area is 83.4 Å². The molecular weight excluding hydrogens is 174 g/mol. The molecule has 72 valence electrons. The molecule has 0 bridgehead atoms. The van der Waals surface area contributed by atoms with Gasteiger partial charge in [0.25, 0.3) is 0 Å². The van der Waals surface area contributed by atoms with E-state index < -0.39 is 0 Å². The lowest BCUT2D eigenvalue weighted by molar-refractivity contribution is 0.481. The Balaban J connectivity index is 2.81. The van der Waals surface area contributed by atoms with E-state index in [4.69, 9.17) is 0 Å². The van der Waals surface area contributed by atoms with Gasteiger partial charge in [-0.2, -0.15) is 0 Å². The number of rotatable bonds is 1. The quantitative estimate of drug-likeness (QED) is 0.741. The van der Waals surface area contributed by atoms with E-state index in [-0.39, 0.29) is 0 Å². The Bertz CT molecular complexity index is 463. The van der Waals surface area contributed by atoms with Gasteiger partial charge in [0, 0.05) is 30.6 Å². The maximum atomic E-state index is 9.66. The molecule has 2 aromatic carbocycles. The first-order valence-corrected chi connectivity index (χ1v) is 4.58. The zero-order chi connectivity index (χ0) is 10.1. The standard InChI is InChI=1S/C12H13NO/c1-13(2)11-7-3-6-10-9(11)5-4-8-12(10)14/h3-8,14H,1-2H3. The third-order valence-electron chi connectivity index (χ3n) is 2.36. The minimum Gasteiger partial charge on any atom is -0.507 e. The van der Waals surface area contributed by atoms with Crippen molar-refractivity contribution in [1.29, 1.82) is 0 Å². The van der Waals surface area contributed by atoms with E-state index in [1.165, 1.54) is 0 Å². The van der Waals surface area contributed by atoms with E-state index in [2.05, 4.69) is 0 Å². The molecule has 0 atom stereocenters. The molecule has 0 unspecified atom stereocenters. The number of benzene rings is 2. The summed E-state index contributed by atoms with van der Waals surface area (Å²) < 4.78 is 0. The molecule has 0 aliphatic carbocycles. The van der Waals surface area contributed by atoms with E-state index in [9.17, 15) is 5.11 Å². The fourth-order valence-corrected chi connectivity index (χ4v) is 1.67. The molecule has 2 aromatic rings. The lowest BCUT2D eigenvalue weighted by atomic mass is 10.1. The topological polar surface area (TPSA) is 23.5 Å². The van der Waals surface area contributed by atoms with Crippen LogP contribution in [0.2, 0.25) is 0 Å². The number of hydrogen-bond acceptors (Lipinski definition) is 2. The lowest BCUT2D eigenvalue weighted by Gasteiger charge is -2.15. The fourth-order valence-electron chi connectivity index (χ4n) is 1.67. The van der Waals surface area contributed by atoms with Gasteiger partial charge in [0.2, 0.25) is 0 Å². The van der Waals surface area contributed by atoms with Crippen LogP contribution in [-0.2, 0) is 0 Å². The number of phenolic OH excluding ortho intramolecular Hbond substituents is 1. The third-order valence-corrected chi connectivity index (χ3v) is 2.36. The molecule has 0 saturated carbocycles. The van der Waals surface area contributed by atoms with Crippen LogP contribution in [0, 0.1) is 0 Å². The van der Waals surface area contributed by atoms with Crippen molar-refractivity contribution >= 4 is 16.5 Å². The van der Waals surface area contributed by atoms with Crippen LogP contribution in [0.1, 0.15) is 0 Å².